The molecule has 0 aromatic carbocycles. The van der Waals surface area contributed by atoms with Crippen LogP contribution in [0.1, 0.15) is 117 Å². The van der Waals surface area contributed by atoms with Gasteiger partial charge in [0.05, 0.1) is 38.4 Å². The number of hydrogen-bond acceptors (Lipinski definition) is 18. The molecule has 0 unspecified atom stereocenters. The van der Waals surface area contributed by atoms with Gasteiger partial charge in [-0.2, -0.15) is 0 Å². The highest BCUT2D eigenvalue weighted by Crippen LogP contribution is 2.20. The van der Waals surface area contributed by atoms with E-state index in [1.54, 1.807) is 6.92 Å². The quantitative estimate of drug-likeness (QED) is 0.0153. The molecule has 1 aliphatic heterocycles. The predicted octanol–water partition coefficient (Wildman–Crippen LogP) is -10.4. The summed E-state index contributed by atoms with van der Waals surface area (Å²) in [5.41, 5.74) is 38.8. The molecular weight excluding hydrogens is 1110 g/mol. The number of unbranched alkanes of at least 4 members (excludes halogenated alkanes) is 3. The minimum atomic E-state index is -1.67. The lowest BCUT2D eigenvalue weighted by molar-refractivity contribution is -0.459. The second kappa shape index (κ2) is 40.4. The molecule has 84 heavy (non-hydrogen) atoms. The fraction of sp³-hybridized carbons (Fsp3) is 0.720. The minimum absolute atomic E-state index is 0.0118. The molecule has 1 saturated heterocycles. The van der Waals surface area contributed by atoms with E-state index in [1.807, 2.05) is 0 Å². The average Bonchev–Trinajstić information content (AvgIpc) is 4.18. The smallest absolute Gasteiger partial charge is 0.326 e. The lowest BCUT2D eigenvalue weighted by Crippen LogP contribution is -2.74. The van der Waals surface area contributed by atoms with E-state index < -0.39 is 151 Å². The number of rotatable bonds is 42. The van der Waals surface area contributed by atoms with Crippen LogP contribution in [0, 0.1) is 0 Å². The summed E-state index contributed by atoms with van der Waals surface area (Å²) in [5.74, 6) is -10.6. The van der Waals surface area contributed by atoms with Crippen molar-refractivity contribution in [3.05, 3.63) is 0 Å². The van der Waals surface area contributed by atoms with E-state index in [-0.39, 0.29) is 77.0 Å². The number of likely N-dealkylation sites (tertiary alicyclic amines) is 1. The van der Waals surface area contributed by atoms with Gasteiger partial charge in [0.25, 0.3) is 0 Å². The first-order valence-corrected chi connectivity index (χ1v) is 28.0. The highest BCUT2D eigenvalue weighted by molar-refractivity contribution is 5.98. The van der Waals surface area contributed by atoms with Crippen LogP contribution in [0.15, 0.2) is 4.99 Å². The van der Waals surface area contributed by atoms with Gasteiger partial charge in [-0.3, -0.25) is 68.5 Å². The van der Waals surface area contributed by atoms with Gasteiger partial charge in [-0.25, -0.2) is 4.79 Å². The molecule has 0 spiro atoms. The Morgan fingerprint density at radius 3 is 1.73 bits per heavy atom. The number of amides is 11. The number of primary amides is 1. The van der Waals surface area contributed by atoms with Gasteiger partial charge in [-0.15, -0.1) is 0 Å². The molecule has 1 heterocycles. The molecule has 0 aromatic heterocycles. The molecule has 34 heteroatoms. The van der Waals surface area contributed by atoms with Crippen molar-refractivity contribution in [3.63, 3.8) is 0 Å². The third-order valence-corrected chi connectivity index (χ3v) is 13.0. The molecule has 0 radical (unpaired) electrons. The molecule has 0 aliphatic carbocycles. The second-order valence-corrected chi connectivity index (χ2v) is 20.3. The van der Waals surface area contributed by atoms with Gasteiger partial charge in [-0.1, -0.05) is 6.42 Å². The van der Waals surface area contributed by atoms with E-state index in [4.69, 9.17) is 40.1 Å². The largest absolute Gasteiger partial charge is 0.480 e. The molecule has 34 nitrogen and oxygen atoms in total. The zero-order chi connectivity index (χ0) is 63.5. The first kappa shape index (κ1) is 74.2. The zero-order valence-electron chi connectivity index (χ0n) is 48.2. The number of hydrogen-bond donors (Lipinski definition) is 20. The van der Waals surface area contributed by atoms with Crippen molar-refractivity contribution >= 4 is 82.7 Å². The van der Waals surface area contributed by atoms with E-state index in [9.17, 15) is 72.9 Å². The fourth-order valence-electron chi connectivity index (χ4n) is 8.38. The van der Waals surface area contributed by atoms with Gasteiger partial charge in [0.2, 0.25) is 70.8 Å². The van der Waals surface area contributed by atoms with Gasteiger partial charge >= 0.3 is 5.97 Å². The van der Waals surface area contributed by atoms with E-state index in [2.05, 4.69) is 57.8 Å². The summed E-state index contributed by atoms with van der Waals surface area (Å²) in [6.45, 7) is 2.97. The monoisotopic (exact) mass is 1200 g/mol. The molecule has 27 N–H and O–H groups in total. The SMILES string of the molecule is CC(N)=[NH+]CCCC[C@H](NC(=O)CNC(=O)CNC(=O)[C@@H](NC(=O)[C@H](CO)NC(=O)[C@@H](N)CCCCN)[C@@H](C)O)C(=O)N[C@@H](C)C(=O)N1CCC[C@H]1C(=O)N[C@@H](CCCN=C(N)N)C(=O)N[C@@H](CCCCN)C(=O)N[C@@H](CCC(N)=O)C(=O)O. The molecule has 10 atom stereocenters. The van der Waals surface area contributed by atoms with Crippen LogP contribution in [0.5, 0.6) is 0 Å². The molecule has 11 amide bonds. The van der Waals surface area contributed by atoms with E-state index >= 15 is 0 Å². The summed E-state index contributed by atoms with van der Waals surface area (Å²) in [6, 6.07) is -12.1. The van der Waals surface area contributed by atoms with Crippen LogP contribution < -0.4 is 93.0 Å². The molecular formula is C50H92N19O15+. The number of carbonyl (C=O) groups is 12. The Balaban J connectivity index is 3.17. The Morgan fingerprint density at radius 1 is 0.619 bits per heavy atom. The first-order chi connectivity index (χ1) is 39.7. The summed E-state index contributed by atoms with van der Waals surface area (Å²) < 4.78 is 0. The van der Waals surface area contributed by atoms with E-state index in [0.717, 1.165) is 6.92 Å². The number of nitrogens with one attached hydrogen (secondary N) is 10. The maximum atomic E-state index is 14.1. The number of carboxylic acids is 1. The van der Waals surface area contributed by atoms with Gasteiger partial charge < -0.3 is 102 Å². The minimum Gasteiger partial charge on any atom is -0.480 e. The number of carbonyl (C=O) groups excluding carboxylic acids is 11. The number of carboxylic acid groups (broad SMARTS) is 1. The lowest BCUT2D eigenvalue weighted by atomic mass is 10.0. The Labute approximate surface area is 487 Å². The number of amidine groups is 1. The van der Waals surface area contributed by atoms with Crippen molar-refractivity contribution in [1.29, 1.82) is 0 Å². The molecule has 1 aliphatic rings. The summed E-state index contributed by atoms with van der Waals surface area (Å²) >= 11 is 0. The lowest BCUT2D eigenvalue weighted by Gasteiger charge is -2.30. The summed E-state index contributed by atoms with van der Waals surface area (Å²) in [5, 5.41) is 51.4. The third-order valence-electron chi connectivity index (χ3n) is 13.0. The molecule has 476 valence electrons. The Hall–Kier alpha value is -7.82. The average molecular weight is 1200 g/mol. The van der Waals surface area contributed by atoms with Gasteiger partial charge in [0.15, 0.2) is 5.96 Å². The number of aliphatic imine (C=N–C) groups is 1. The van der Waals surface area contributed by atoms with Crippen LogP contribution >= 0.6 is 0 Å². The number of guanidine groups is 1. The summed E-state index contributed by atoms with van der Waals surface area (Å²) in [7, 11) is 0. The van der Waals surface area contributed by atoms with Crippen molar-refractivity contribution in [1.82, 2.24) is 52.8 Å². The maximum absolute atomic E-state index is 14.1. The van der Waals surface area contributed by atoms with E-state index in [0.29, 0.717) is 63.9 Å². The Kier molecular flexibility index (Phi) is 35.7. The van der Waals surface area contributed by atoms with Crippen LogP contribution in [-0.4, -0.2) is 216 Å². The number of nitrogens with zero attached hydrogens (tertiary/aromatic N) is 2. The maximum Gasteiger partial charge on any atom is 0.326 e. The predicted molar refractivity (Wildman–Crippen MR) is 303 cm³/mol. The standard InChI is InChI=1S/C50H91N19O15/c1-27(48(82)69-23-11-16-36(69)46(80)65-33(15-10-22-59-50(56)57)43(77)64-32(13-5-8-20-52)44(78)66-34(49(83)84)17-18-37(55)72)62-42(76)31(14-6-9-21-58-29(3)53)63-39(74)25-60-38(73)24-61-47(81)40(28(2)71)68-45(79)35(26-70)67-41(75)30(54)12-4-7-19-51/h27-28,30-36,40,70-71H,4-26,51-52,54H2,1-3H3,(H2,53,58)(H2,55,72)(H,60,73)(H,61,81)(H,62,76)(H,63,74)(H,64,77)(H,65,80)(H,66,78)(H,67,75)(H,68,79)(H,83,84)(H4,56,57,59)/p+1/t27-,28+,30-,31-,32-,33-,34-,35-,36-,40-/m0/s1. The van der Waals surface area contributed by atoms with Crippen molar-refractivity contribution < 1.29 is 77.8 Å². The van der Waals surface area contributed by atoms with Crippen molar-refractivity contribution in [2.24, 2.45) is 45.1 Å². The number of aliphatic hydroxyl groups excluding tert-OH is 2. The van der Waals surface area contributed by atoms with Gasteiger partial charge in [0.1, 0.15) is 48.3 Å². The van der Waals surface area contributed by atoms with E-state index in [1.165, 1.54) is 11.8 Å². The highest BCUT2D eigenvalue weighted by Gasteiger charge is 2.39. The third kappa shape index (κ3) is 29.4. The zero-order valence-corrected chi connectivity index (χ0v) is 48.2. The van der Waals surface area contributed by atoms with Crippen molar-refractivity contribution in [3.8, 4) is 0 Å². The second-order valence-electron chi connectivity index (χ2n) is 20.3. The molecule has 1 fully saturated rings. The summed E-state index contributed by atoms with van der Waals surface area (Å²) in [6.07, 6.45) is 1.39. The number of aliphatic carboxylic acids is 1. The Bertz CT molecular complexity index is 2270. The van der Waals surface area contributed by atoms with Crippen LogP contribution in [0.2, 0.25) is 0 Å². The summed E-state index contributed by atoms with van der Waals surface area (Å²) in [4.78, 5) is 165. The Morgan fingerprint density at radius 2 is 1.15 bits per heavy atom. The number of nitrogens with two attached hydrogens (primary N) is 7. The number of aliphatic hydroxyl groups is 2. The van der Waals surface area contributed by atoms with Crippen molar-refractivity contribution in [2.75, 3.05) is 52.4 Å². The highest BCUT2D eigenvalue weighted by atomic mass is 16.4. The van der Waals surface area contributed by atoms with Crippen LogP contribution in [-0.2, 0) is 57.5 Å². The van der Waals surface area contributed by atoms with Gasteiger partial charge in [0, 0.05) is 26.4 Å². The van der Waals surface area contributed by atoms with Gasteiger partial charge in [-0.05, 0) is 110 Å². The van der Waals surface area contributed by atoms with Crippen LogP contribution in [0.25, 0.3) is 0 Å². The molecule has 0 bridgehead atoms. The van der Waals surface area contributed by atoms with Crippen LogP contribution in [0.3, 0.4) is 0 Å². The van der Waals surface area contributed by atoms with Crippen LogP contribution in [0.4, 0.5) is 0 Å². The molecule has 1 rings (SSSR count). The van der Waals surface area contributed by atoms with Crippen molar-refractivity contribution in [2.45, 2.75) is 178 Å². The molecule has 0 aromatic rings. The molecule has 0 saturated carbocycles. The topological polar surface area (TPSA) is 586 Å². The fourth-order valence-corrected chi connectivity index (χ4v) is 8.38. The normalized spacial score (nSPS) is 16.3. The first-order valence-electron chi connectivity index (χ1n) is 28.0.